The van der Waals surface area contributed by atoms with Crippen LogP contribution in [0, 0.1) is 5.92 Å². The fourth-order valence-electron chi connectivity index (χ4n) is 2.50. The lowest BCUT2D eigenvalue weighted by atomic mass is 9.97. The highest BCUT2D eigenvalue weighted by molar-refractivity contribution is 9.10. The first-order valence-electron chi connectivity index (χ1n) is 7.25. The van der Waals surface area contributed by atoms with Crippen molar-refractivity contribution in [2.24, 2.45) is 5.92 Å². The van der Waals surface area contributed by atoms with Crippen molar-refractivity contribution in [2.75, 3.05) is 26.7 Å². The van der Waals surface area contributed by atoms with Crippen molar-refractivity contribution >= 4 is 33.7 Å². The number of carboxylic acid groups (broad SMARTS) is 1. The van der Waals surface area contributed by atoms with E-state index in [0.29, 0.717) is 36.0 Å². The van der Waals surface area contributed by atoms with Crippen LogP contribution in [-0.4, -0.2) is 64.4 Å². The number of carbonyl (C=O) groups excluding carboxylic acids is 2. The number of likely N-dealkylation sites (tertiary alicyclic amines) is 1. The first-order chi connectivity index (χ1) is 10.9. The quantitative estimate of drug-likeness (QED) is 0.844. The molecule has 0 saturated carbocycles. The highest BCUT2D eigenvalue weighted by atomic mass is 79.9. The summed E-state index contributed by atoms with van der Waals surface area (Å²) in [6.07, 6.45) is 3.95. The number of hydrogen-bond acceptors (Lipinski definition) is 4. The van der Waals surface area contributed by atoms with Gasteiger partial charge in [-0.05, 0) is 34.8 Å². The highest BCUT2D eigenvalue weighted by Crippen LogP contribution is 2.18. The Morgan fingerprint density at radius 1 is 1.39 bits per heavy atom. The number of hydrogen-bond donors (Lipinski definition) is 1. The number of carbonyl (C=O) groups is 3. The summed E-state index contributed by atoms with van der Waals surface area (Å²) in [5.41, 5.74) is 0.444. The molecule has 1 aliphatic rings. The molecule has 1 N–H and O–H groups in total. The van der Waals surface area contributed by atoms with E-state index < -0.39 is 5.97 Å². The third-order valence-corrected chi connectivity index (χ3v) is 4.55. The smallest absolute Gasteiger partial charge is 0.306 e. The Labute approximate surface area is 142 Å². The van der Waals surface area contributed by atoms with Crippen LogP contribution in [0.15, 0.2) is 22.9 Å². The zero-order valence-electron chi connectivity index (χ0n) is 12.7. The second-order valence-corrected chi connectivity index (χ2v) is 6.36. The van der Waals surface area contributed by atoms with Crippen LogP contribution in [0.3, 0.4) is 0 Å². The summed E-state index contributed by atoms with van der Waals surface area (Å²) in [6.45, 7) is 0.791. The number of carboxylic acids is 1. The average molecular weight is 384 g/mol. The normalized spacial score (nSPS) is 15.3. The molecule has 124 valence electrons. The SMILES string of the molecule is CN(CC(=O)N1CCC(C(=O)O)CC1)C(=O)c1ccncc1Br. The average Bonchev–Trinajstić information content (AvgIpc) is 2.54. The van der Waals surface area contributed by atoms with Gasteiger partial charge >= 0.3 is 5.97 Å². The molecule has 23 heavy (non-hydrogen) atoms. The van der Waals surface area contributed by atoms with Crippen LogP contribution in [0.5, 0.6) is 0 Å². The van der Waals surface area contributed by atoms with Gasteiger partial charge < -0.3 is 14.9 Å². The van der Waals surface area contributed by atoms with Gasteiger partial charge in [-0.15, -0.1) is 0 Å². The van der Waals surface area contributed by atoms with Crippen molar-refractivity contribution in [1.29, 1.82) is 0 Å². The summed E-state index contributed by atoms with van der Waals surface area (Å²) < 4.78 is 0.576. The van der Waals surface area contributed by atoms with E-state index in [9.17, 15) is 14.4 Å². The van der Waals surface area contributed by atoms with Gasteiger partial charge in [0.2, 0.25) is 5.91 Å². The maximum Gasteiger partial charge on any atom is 0.306 e. The molecule has 0 unspecified atom stereocenters. The minimum absolute atomic E-state index is 0.0364. The number of pyridine rings is 1. The molecule has 7 nitrogen and oxygen atoms in total. The molecular weight excluding hydrogens is 366 g/mol. The van der Waals surface area contributed by atoms with E-state index in [-0.39, 0.29) is 24.3 Å². The molecule has 8 heteroatoms. The molecule has 1 aromatic rings. The maximum atomic E-state index is 12.3. The Hall–Kier alpha value is -1.96. The van der Waals surface area contributed by atoms with E-state index in [1.54, 1.807) is 18.0 Å². The van der Waals surface area contributed by atoms with Crippen LogP contribution >= 0.6 is 15.9 Å². The highest BCUT2D eigenvalue weighted by Gasteiger charge is 2.28. The molecule has 2 rings (SSSR count). The van der Waals surface area contributed by atoms with E-state index in [4.69, 9.17) is 5.11 Å². The van der Waals surface area contributed by atoms with Gasteiger partial charge in [-0.25, -0.2) is 0 Å². The first-order valence-corrected chi connectivity index (χ1v) is 8.05. The molecule has 1 aromatic heterocycles. The summed E-state index contributed by atoms with van der Waals surface area (Å²) in [5, 5.41) is 8.97. The minimum Gasteiger partial charge on any atom is -0.481 e. The molecule has 1 saturated heterocycles. The van der Waals surface area contributed by atoms with Crippen LogP contribution in [0.4, 0.5) is 0 Å². The van der Waals surface area contributed by atoms with E-state index in [1.807, 2.05) is 0 Å². The van der Waals surface area contributed by atoms with Crippen molar-refractivity contribution < 1.29 is 19.5 Å². The lowest BCUT2D eigenvalue weighted by Gasteiger charge is -2.31. The maximum absolute atomic E-state index is 12.3. The summed E-state index contributed by atoms with van der Waals surface area (Å²) >= 11 is 3.27. The van der Waals surface area contributed by atoms with Crippen LogP contribution in [-0.2, 0) is 9.59 Å². The second kappa shape index (κ2) is 7.54. The summed E-state index contributed by atoms with van der Waals surface area (Å²) in [4.78, 5) is 42.4. The number of piperidine rings is 1. The largest absolute Gasteiger partial charge is 0.481 e. The van der Waals surface area contributed by atoms with E-state index in [2.05, 4.69) is 20.9 Å². The summed E-state index contributed by atoms with van der Waals surface area (Å²) in [6, 6.07) is 1.59. The Balaban J connectivity index is 1.91. The topological polar surface area (TPSA) is 90.8 Å². The zero-order valence-corrected chi connectivity index (χ0v) is 14.3. The van der Waals surface area contributed by atoms with Crippen LogP contribution in [0.25, 0.3) is 0 Å². The van der Waals surface area contributed by atoms with E-state index in [1.165, 1.54) is 17.3 Å². The van der Waals surface area contributed by atoms with Crippen molar-refractivity contribution in [3.05, 3.63) is 28.5 Å². The Kier molecular flexibility index (Phi) is 5.70. The van der Waals surface area contributed by atoms with Crippen molar-refractivity contribution in [2.45, 2.75) is 12.8 Å². The van der Waals surface area contributed by atoms with Crippen LogP contribution in [0.1, 0.15) is 23.2 Å². The number of likely N-dealkylation sites (N-methyl/N-ethyl adjacent to an activating group) is 1. The van der Waals surface area contributed by atoms with Gasteiger partial charge in [-0.1, -0.05) is 0 Å². The van der Waals surface area contributed by atoms with Crippen LogP contribution < -0.4 is 0 Å². The van der Waals surface area contributed by atoms with Gasteiger partial charge in [-0.3, -0.25) is 19.4 Å². The van der Waals surface area contributed by atoms with E-state index in [0.717, 1.165) is 0 Å². The molecule has 0 spiro atoms. The van der Waals surface area contributed by atoms with Gasteiger partial charge in [0.25, 0.3) is 5.91 Å². The van der Waals surface area contributed by atoms with Crippen LogP contribution in [0.2, 0.25) is 0 Å². The molecule has 1 aliphatic heterocycles. The van der Waals surface area contributed by atoms with Crippen molar-refractivity contribution in [3.8, 4) is 0 Å². The Morgan fingerprint density at radius 2 is 2.04 bits per heavy atom. The molecule has 0 aromatic carbocycles. The van der Waals surface area contributed by atoms with Gasteiger partial charge in [0.1, 0.15) is 0 Å². The molecule has 0 radical (unpaired) electrons. The minimum atomic E-state index is -0.813. The van der Waals surface area contributed by atoms with E-state index >= 15 is 0 Å². The van der Waals surface area contributed by atoms with Gasteiger partial charge in [0, 0.05) is 37.0 Å². The van der Waals surface area contributed by atoms with Gasteiger partial charge in [0.05, 0.1) is 18.0 Å². The predicted octanol–water partition coefficient (Wildman–Crippen LogP) is 1.24. The predicted molar refractivity (Wildman–Crippen MR) is 85.8 cm³/mol. The van der Waals surface area contributed by atoms with Gasteiger partial charge in [-0.2, -0.15) is 0 Å². The van der Waals surface area contributed by atoms with Crippen molar-refractivity contribution in [3.63, 3.8) is 0 Å². The molecule has 2 heterocycles. The molecule has 0 atom stereocenters. The molecule has 2 amide bonds. The number of rotatable bonds is 4. The fourth-order valence-corrected chi connectivity index (χ4v) is 2.92. The Morgan fingerprint density at radius 3 is 2.61 bits per heavy atom. The lowest BCUT2D eigenvalue weighted by molar-refractivity contribution is -0.145. The summed E-state index contributed by atoms with van der Waals surface area (Å²) in [7, 11) is 1.57. The zero-order chi connectivity index (χ0) is 17.0. The lowest BCUT2D eigenvalue weighted by Crippen LogP contribution is -2.45. The molecular formula is C15H18BrN3O4. The Bertz CT molecular complexity index is 614. The number of aliphatic carboxylic acids is 1. The standard InChI is InChI=1S/C15H18BrN3O4/c1-18(14(21)11-2-5-17-8-12(11)16)9-13(20)19-6-3-10(4-7-19)15(22)23/h2,5,8,10H,3-4,6-7,9H2,1H3,(H,22,23). The number of amides is 2. The number of nitrogens with zero attached hydrogens (tertiary/aromatic N) is 3. The summed E-state index contributed by atoms with van der Waals surface area (Å²) in [5.74, 6) is -1.64. The third kappa shape index (κ3) is 4.28. The van der Waals surface area contributed by atoms with Crippen molar-refractivity contribution in [1.82, 2.24) is 14.8 Å². The number of aromatic nitrogens is 1. The monoisotopic (exact) mass is 383 g/mol. The first kappa shape index (κ1) is 17.4. The fraction of sp³-hybridized carbons (Fsp3) is 0.467. The second-order valence-electron chi connectivity index (χ2n) is 5.51. The molecule has 0 bridgehead atoms. The third-order valence-electron chi connectivity index (χ3n) is 3.92. The molecule has 0 aliphatic carbocycles. The molecule has 1 fully saturated rings. The van der Waals surface area contributed by atoms with Gasteiger partial charge in [0.15, 0.2) is 0 Å². The number of halogens is 1.